The van der Waals surface area contributed by atoms with Crippen LogP contribution in [-0.4, -0.2) is 27.2 Å². The Balaban J connectivity index is 2.08. The molecule has 0 spiro atoms. The van der Waals surface area contributed by atoms with Crippen LogP contribution in [0.1, 0.15) is 49.9 Å². The molecule has 1 saturated carbocycles. The van der Waals surface area contributed by atoms with Crippen LogP contribution in [0.2, 0.25) is 0 Å². The van der Waals surface area contributed by atoms with Crippen molar-refractivity contribution in [2.75, 3.05) is 5.32 Å². The number of rotatable bonds is 4. The van der Waals surface area contributed by atoms with E-state index in [1.54, 1.807) is 6.92 Å². The summed E-state index contributed by atoms with van der Waals surface area (Å²) in [5.41, 5.74) is 1.26. The number of aromatic nitrogens is 2. The number of aliphatic carboxylic acids is 1. The van der Waals surface area contributed by atoms with Crippen LogP contribution in [-0.2, 0) is 9.59 Å². The van der Waals surface area contributed by atoms with Crippen molar-refractivity contribution in [1.82, 2.24) is 10.2 Å². The predicted octanol–water partition coefficient (Wildman–Crippen LogP) is 2.39. The molecule has 6 heteroatoms. The highest BCUT2D eigenvalue weighted by Gasteiger charge is 2.41. The smallest absolute Gasteiger partial charge is 0.310 e. The Bertz CT molecular complexity index is 496. The molecule has 0 aromatic carbocycles. The maximum Gasteiger partial charge on any atom is 0.310 e. The van der Waals surface area contributed by atoms with Crippen molar-refractivity contribution in [2.24, 2.45) is 5.41 Å². The molecule has 1 aliphatic carbocycles. The van der Waals surface area contributed by atoms with Crippen LogP contribution in [0.15, 0.2) is 0 Å². The van der Waals surface area contributed by atoms with Crippen LogP contribution in [0.3, 0.4) is 0 Å². The number of aromatic amines is 1. The van der Waals surface area contributed by atoms with E-state index in [-0.39, 0.29) is 12.3 Å². The molecule has 3 N–H and O–H groups in total. The quantitative estimate of drug-likeness (QED) is 0.788. The second kappa shape index (κ2) is 5.64. The first-order valence-electron chi connectivity index (χ1n) is 6.99. The summed E-state index contributed by atoms with van der Waals surface area (Å²) in [6.45, 7) is 3.62. The number of carboxylic acids is 1. The predicted molar refractivity (Wildman–Crippen MR) is 74.5 cm³/mol. The van der Waals surface area contributed by atoms with Gasteiger partial charge in [0, 0.05) is 6.42 Å². The molecule has 1 heterocycles. The number of carbonyl (C=O) groups is 2. The second-order valence-electron chi connectivity index (χ2n) is 5.68. The van der Waals surface area contributed by atoms with E-state index in [0.717, 1.165) is 25.0 Å². The highest BCUT2D eigenvalue weighted by atomic mass is 16.4. The molecule has 2 rings (SSSR count). The minimum atomic E-state index is -0.895. The van der Waals surface area contributed by atoms with E-state index < -0.39 is 11.4 Å². The van der Waals surface area contributed by atoms with Crippen LogP contribution < -0.4 is 5.32 Å². The molecule has 0 aliphatic heterocycles. The van der Waals surface area contributed by atoms with Gasteiger partial charge >= 0.3 is 5.97 Å². The summed E-state index contributed by atoms with van der Waals surface area (Å²) in [6.07, 6.45) is 4.01. The summed E-state index contributed by atoms with van der Waals surface area (Å²) in [4.78, 5) is 23.7. The van der Waals surface area contributed by atoms with Crippen LogP contribution in [0.4, 0.5) is 5.69 Å². The number of nitrogens with one attached hydrogen (secondary N) is 2. The number of hydrogen-bond donors (Lipinski definition) is 3. The molecule has 0 radical (unpaired) electrons. The van der Waals surface area contributed by atoms with E-state index >= 15 is 0 Å². The van der Waals surface area contributed by atoms with Gasteiger partial charge in [-0.25, -0.2) is 0 Å². The Hall–Kier alpha value is -1.85. The fourth-order valence-corrected chi connectivity index (χ4v) is 2.92. The van der Waals surface area contributed by atoms with Crippen molar-refractivity contribution in [2.45, 2.75) is 52.4 Å². The molecule has 110 valence electrons. The van der Waals surface area contributed by atoms with Crippen LogP contribution in [0.5, 0.6) is 0 Å². The first-order chi connectivity index (χ1) is 9.44. The van der Waals surface area contributed by atoms with Gasteiger partial charge in [0.25, 0.3) is 0 Å². The number of nitrogens with zero attached hydrogens (tertiary/aromatic N) is 1. The normalized spacial score (nSPS) is 17.7. The highest BCUT2D eigenvalue weighted by Crippen LogP contribution is 2.39. The zero-order valence-corrected chi connectivity index (χ0v) is 12.0. The molecule has 6 nitrogen and oxygen atoms in total. The first kappa shape index (κ1) is 14.6. The molecular weight excluding hydrogens is 258 g/mol. The van der Waals surface area contributed by atoms with Gasteiger partial charge in [0.05, 0.1) is 22.5 Å². The monoisotopic (exact) mass is 279 g/mol. The van der Waals surface area contributed by atoms with E-state index in [1.807, 2.05) is 6.92 Å². The Morgan fingerprint density at radius 1 is 1.30 bits per heavy atom. The van der Waals surface area contributed by atoms with Crippen LogP contribution in [0.25, 0.3) is 0 Å². The third kappa shape index (κ3) is 2.84. The molecule has 0 unspecified atom stereocenters. The van der Waals surface area contributed by atoms with Crippen molar-refractivity contribution in [3.63, 3.8) is 0 Å². The summed E-state index contributed by atoms with van der Waals surface area (Å²) in [7, 11) is 0. The van der Waals surface area contributed by atoms with Gasteiger partial charge in [-0.15, -0.1) is 0 Å². The fourth-order valence-electron chi connectivity index (χ4n) is 2.92. The number of anilines is 1. The van der Waals surface area contributed by atoms with Gasteiger partial charge < -0.3 is 10.4 Å². The maximum absolute atomic E-state index is 12.2. The number of aryl methyl sites for hydroxylation is 2. The molecule has 1 aliphatic rings. The third-order valence-corrected chi connectivity index (χ3v) is 4.16. The van der Waals surface area contributed by atoms with Gasteiger partial charge in [0.15, 0.2) is 0 Å². The number of hydrogen-bond acceptors (Lipinski definition) is 3. The molecule has 0 atom stereocenters. The number of carboxylic acid groups (broad SMARTS) is 1. The topological polar surface area (TPSA) is 95.1 Å². The van der Waals surface area contributed by atoms with Gasteiger partial charge in [-0.3, -0.25) is 14.7 Å². The van der Waals surface area contributed by atoms with Gasteiger partial charge in [-0.1, -0.05) is 19.3 Å². The summed E-state index contributed by atoms with van der Waals surface area (Å²) in [5, 5.41) is 19.1. The van der Waals surface area contributed by atoms with E-state index in [1.165, 1.54) is 0 Å². The molecule has 1 aromatic heterocycles. The minimum Gasteiger partial charge on any atom is -0.481 e. The van der Waals surface area contributed by atoms with Crippen molar-refractivity contribution in [3.8, 4) is 0 Å². The molecule has 1 aromatic rings. The molecule has 20 heavy (non-hydrogen) atoms. The molecule has 0 saturated heterocycles. The van der Waals surface area contributed by atoms with E-state index in [2.05, 4.69) is 15.5 Å². The summed E-state index contributed by atoms with van der Waals surface area (Å²) in [6, 6.07) is 0. The SMILES string of the molecule is Cc1n[nH]c(C)c1NC(=O)CC1(C(=O)O)CCCCC1. The van der Waals surface area contributed by atoms with Crippen LogP contribution >= 0.6 is 0 Å². The second-order valence-corrected chi connectivity index (χ2v) is 5.68. The highest BCUT2D eigenvalue weighted by molar-refractivity contribution is 5.95. The largest absolute Gasteiger partial charge is 0.481 e. The molecule has 1 amide bonds. The fraction of sp³-hybridized carbons (Fsp3) is 0.643. The van der Waals surface area contributed by atoms with Crippen molar-refractivity contribution in [3.05, 3.63) is 11.4 Å². The molecule has 1 fully saturated rings. The van der Waals surface area contributed by atoms with Crippen LogP contribution in [0, 0.1) is 19.3 Å². The summed E-state index contributed by atoms with van der Waals surface area (Å²) < 4.78 is 0. The average Bonchev–Trinajstić information content (AvgIpc) is 2.71. The van der Waals surface area contributed by atoms with Gasteiger partial charge in [0.2, 0.25) is 5.91 Å². The van der Waals surface area contributed by atoms with Gasteiger partial charge in [-0.2, -0.15) is 5.10 Å². The summed E-state index contributed by atoms with van der Waals surface area (Å²) in [5.74, 6) is -1.10. The van der Waals surface area contributed by atoms with Crippen molar-refractivity contribution < 1.29 is 14.7 Å². The zero-order chi connectivity index (χ0) is 14.8. The lowest BCUT2D eigenvalue weighted by atomic mass is 9.71. The Morgan fingerprint density at radius 2 is 1.95 bits per heavy atom. The van der Waals surface area contributed by atoms with E-state index in [0.29, 0.717) is 24.2 Å². The van der Waals surface area contributed by atoms with E-state index in [4.69, 9.17) is 0 Å². The lowest BCUT2D eigenvalue weighted by Gasteiger charge is -2.32. The van der Waals surface area contributed by atoms with E-state index in [9.17, 15) is 14.7 Å². The standard InChI is InChI=1S/C14H21N3O3/c1-9-12(10(2)17-16-9)15-11(18)8-14(13(19)20)6-4-3-5-7-14/h3-8H2,1-2H3,(H,15,18)(H,16,17)(H,19,20). The number of amides is 1. The third-order valence-electron chi connectivity index (χ3n) is 4.16. The van der Waals surface area contributed by atoms with Crippen molar-refractivity contribution in [1.29, 1.82) is 0 Å². The molecule has 0 bridgehead atoms. The Morgan fingerprint density at radius 3 is 2.45 bits per heavy atom. The van der Waals surface area contributed by atoms with Crippen molar-refractivity contribution >= 4 is 17.6 Å². The zero-order valence-electron chi connectivity index (χ0n) is 12.0. The number of carbonyl (C=O) groups excluding carboxylic acids is 1. The summed E-state index contributed by atoms with van der Waals surface area (Å²) >= 11 is 0. The van der Waals surface area contributed by atoms with Gasteiger partial charge in [0.1, 0.15) is 0 Å². The lowest BCUT2D eigenvalue weighted by Crippen LogP contribution is -2.37. The first-order valence-corrected chi connectivity index (χ1v) is 6.99. The maximum atomic E-state index is 12.2. The Labute approximate surface area is 118 Å². The minimum absolute atomic E-state index is 0.0341. The number of H-pyrrole nitrogens is 1. The average molecular weight is 279 g/mol. The van der Waals surface area contributed by atoms with Gasteiger partial charge in [-0.05, 0) is 26.7 Å². The molecular formula is C14H21N3O3. The lowest BCUT2D eigenvalue weighted by molar-refractivity contribution is -0.153. The Kier molecular flexibility index (Phi) is 4.11.